The molecule has 0 amide bonds. The summed E-state index contributed by atoms with van der Waals surface area (Å²) in [7, 11) is -6.17. The number of esters is 1. The minimum atomic E-state index is -6.17. The molecule has 1 aliphatic heterocycles. The van der Waals surface area contributed by atoms with E-state index in [2.05, 4.69) is 73.8 Å². The van der Waals surface area contributed by atoms with Crippen LogP contribution in [0.5, 0.6) is 5.75 Å². The molecule has 4 saturated carbocycles. The number of carbonyl (C=O) groups excluding carboxylic acids is 1. The van der Waals surface area contributed by atoms with E-state index in [4.69, 9.17) is 14.2 Å². The van der Waals surface area contributed by atoms with Gasteiger partial charge < -0.3 is 18.8 Å². The average Bonchev–Trinajstić information content (AvgIpc) is 2.68. The Morgan fingerprint density at radius 2 is 1.78 bits per heavy atom. The minimum absolute atomic E-state index is 0.118. The van der Waals surface area contributed by atoms with Crippen LogP contribution in [-0.2, 0) is 31.0 Å². The van der Waals surface area contributed by atoms with E-state index < -0.39 is 32.7 Å². The average molecular weight is 807 g/mol. The maximum absolute atomic E-state index is 13.8. The number of alkyl halides is 2. The molecule has 176 valence electrons. The molecule has 13 heteroatoms. The van der Waals surface area contributed by atoms with Crippen molar-refractivity contribution in [2.24, 2.45) is 17.8 Å². The van der Waals surface area contributed by atoms with Crippen LogP contribution in [0.15, 0.2) is 6.07 Å². The number of hydrogen-bond acceptors (Lipinski definition) is 7. The molecule has 0 radical (unpaired) electrons. The van der Waals surface area contributed by atoms with Crippen molar-refractivity contribution in [3.05, 3.63) is 22.3 Å². The maximum atomic E-state index is 13.8. The number of carbonyl (C=O) groups is 1. The van der Waals surface area contributed by atoms with Crippen LogP contribution in [0.2, 0.25) is 0 Å². The van der Waals surface area contributed by atoms with Crippen LogP contribution >= 0.6 is 67.8 Å². The molecule has 1 spiro atoms. The zero-order chi connectivity index (χ0) is 23.3. The number of benzene rings is 1. The van der Waals surface area contributed by atoms with Crippen molar-refractivity contribution in [1.82, 2.24) is 0 Å². The Morgan fingerprint density at radius 3 is 2.38 bits per heavy atom. The van der Waals surface area contributed by atoms with Gasteiger partial charge in [-0.3, -0.25) is 0 Å². The standard InChI is InChI=1S/C19H17F2I3O7S/c20-19(21,32(26,27)28)16(25)31-17-4-8-1-9(5-17)18(10(2-8)6-17)29-7-11-12(22)3-13(23)14(24)15(11)30-18/h3,8-10H,1-2,4-7H2,(H,26,27,28)/p-1. The summed E-state index contributed by atoms with van der Waals surface area (Å²) >= 11 is 6.74. The number of hydrogen-bond donors (Lipinski definition) is 0. The Hall–Kier alpha value is 0.410. The second-order valence-corrected chi connectivity index (χ2v) is 13.8. The monoisotopic (exact) mass is 807 g/mol. The van der Waals surface area contributed by atoms with Crippen LogP contribution in [0.25, 0.3) is 0 Å². The molecule has 4 fully saturated rings. The van der Waals surface area contributed by atoms with E-state index in [1.54, 1.807) is 0 Å². The highest BCUT2D eigenvalue weighted by Crippen LogP contribution is 2.64. The SMILES string of the molecule is O=C(OC12CC3CC(C1)C1(OCc4c(I)cc(I)c(I)c4O1)C(C3)C2)C(F)(F)S(=O)(=O)[O-]. The van der Waals surface area contributed by atoms with E-state index in [1.165, 1.54) is 0 Å². The summed E-state index contributed by atoms with van der Waals surface area (Å²) in [4.78, 5) is 12.0. The van der Waals surface area contributed by atoms with Gasteiger partial charge in [0.15, 0.2) is 10.1 Å². The van der Waals surface area contributed by atoms with Gasteiger partial charge in [0, 0.05) is 24.5 Å². The predicted octanol–water partition coefficient (Wildman–Crippen LogP) is 4.37. The van der Waals surface area contributed by atoms with Gasteiger partial charge in [0.05, 0.1) is 10.2 Å². The lowest BCUT2D eigenvalue weighted by Gasteiger charge is -2.63. The van der Waals surface area contributed by atoms with Crippen LogP contribution in [0.1, 0.15) is 37.7 Å². The zero-order valence-electron chi connectivity index (χ0n) is 16.2. The highest BCUT2D eigenvalue weighted by Gasteiger charge is 2.68. The third kappa shape index (κ3) is 3.52. The summed E-state index contributed by atoms with van der Waals surface area (Å²) in [5.74, 6) is -2.77. The van der Waals surface area contributed by atoms with Crippen molar-refractivity contribution in [2.45, 2.75) is 55.4 Å². The molecule has 0 aromatic heterocycles. The van der Waals surface area contributed by atoms with Gasteiger partial charge in [0.25, 0.3) is 0 Å². The van der Waals surface area contributed by atoms with Crippen LogP contribution in [0.3, 0.4) is 0 Å². The highest BCUT2D eigenvalue weighted by atomic mass is 127. The molecule has 0 N–H and O–H groups in total. The second-order valence-electron chi connectivity index (χ2n) is 8.96. The van der Waals surface area contributed by atoms with Crippen LogP contribution in [-0.4, -0.2) is 35.6 Å². The fourth-order valence-electron chi connectivity index (χ4n) is 5.97. The molecule has 2 atom stereocenters. The number of fused-ring (bicyclic) bond motifs is 1. The summed E-state index contributed by atoms with van der Waals surface area (Å²) in [6, 6.07) is 2.06. The summed E-state index contributed by atoms with van der Waals surface area (Å²) in [6.45, 7) is 0.359. The first-order chi connectivity index (χ1) is 14.8. The quantitative estimate of drug-likeness (QED) is 0.194. The lowest BCUT2D eigenvalue weighted by Crippen LogP contribution is -2.68. The van der Waals surface area contributed by atoms with E-state index >= 15 is 0 Å². The van der Waals surface area contributed by atoms with Crippen molar-refractivity contribution < 1.29 is 40.8 Å². The molecule has 1 aromatic rings. The topological polar surface area (TPSA) is 102 Å². The minimum Gasteiger partial charge on any atom is -0.743 e. The van der Waals surface area contributed by atoms with Crippen molar-refractivity contribution in [2.75, 3.05) is 0 Å². The Balaban J connectivity index is 1.46. The summed E-state index contributed by atoms with van der Waals surface area (Å²) in [6.07, 6.45) is 2.26. The third-order valence-electron chi connectivity index (χ3n) is 7.06. The molecule has 4 bridgehead atoms. The fourth-order valence-corrected chi connectivity index (χ4v) is 8.67. The van der Waals surface area contributed by atoms with Crippen LogP contribution < -0.4 is 4.74 Å². The van der Waals surface area contributed by atoms with Gasteiger partial charge in [-0.15, -0.1) is 0 Å². The van der Waals surface area contributed by atoms with Gasteiger partial charge in [0.1, 0.15) is 11.4 Å². The number of ether oxygens (including phenoxy) is 3. The largest absolute Gasteiger partial charge is 0.743 e. The molecule has 0 saturated heterocycles. The molecule has 1 heterocycles. The van der Waals surface area contributed by atoms with Gasteiger partial charge in [-0.1, -0.05) is 0 Å². The first-order valence-corrected chi connectivity index (χ1v) is 14.5. The van der Waals surface area contributed by atoms with E-state index in [0.717, 1.165) is 34.9 Å². The molecule has 6 rings (SSSR count). The smallest absolute Gasteiger partial charge is 0.428 e. The Kier molecular flexibility index (Phi) is 5.81. The van der Waals surface area contributed by atoms with Crippen molar-refractivity contribution in [3.8, 4) is 5.75 Å². The Morgan fingerprint density at radius 1 is 1.16 bits per heavy atom. The molecule has 7 nitrogen and oxygen atoms in total. The summed E-state index contributed by atoms with van der Waals surface area (Å²) in [5.41, 5.74) is -0.275. The maximum Gasteiger partial charge on any atom is 0.428 e. The van der Waals surface area contributed by atoms with E-state index in [1.807, 2.05) is 0 Å². The zero-order valence-corrected chi connectivity index (χ0v) is 23.5. The third-order valence-corrected chi connectivity index (χ3v) is 11.8. The lowest BCUT2D eigenvalue weighted by atomic mass is 9.51. The van der Waals surface area contributed by atoms with Crippen molar-refractivity contribution >= 4 is 83.9 Å². The first-order valence-electron chi connectivity index (χ1n) is 9.84. The van der Waals surface area contributed by atoms with Gasteiger partial charge in [-0.25, -0.2) is 13.2 Å². The number of rotatable bonds is 3. The van der Waals surface area contributed by atoms with E-state index in [0.29, 0.717) is 13.0 Å². The Labute approximate surface area is 223 Å². The summed E-state index contributed by atoms with van der Waals surface area (Å²) in [5, 5.41) is -5.12. The van der Waals surface area contributed by atoms with Gasteiger partial charge in [-0.05, 0) is 112 Å². The van der Waals surface area contributed by atoms with Gasteiger partial charge >= 0.3 is 11.2 Å². The van der Waals surface area contributed by atoms with Crippen molar-refractivity contribution in [1.29, 1.82) is 0 Å². The molecular formula is C19H16F2I3O7S-. The van der Waals surface area contributed by atoms with E-state index in [9.17, 15) is 26.5 Å². The predicted molar refractivity (Wildman–Crippen MR) is 130 cm³/mol. The molecule has 5 aliphatic rings. The highest BCUT2D eigenvalue weighted by molar-refractivity contribution is 14.1. The van der Waals surface area contributed by atoms with Crippen LogP contribution in [0.4, 0.5) is 8.78 Å². The second kappa shape index (κ2) is 7.70. The van der Waals surface area contributed by atoms with Gasteiger partial charge in [0.2, 0.25) is 5.79 Å². The summed E-state index contributed by atoms with van der Waals surface area (Å²) < 4.78 is 81.4. The Bertz CT molecular complexity index is 1110. The van der Waals surface area contributed by atoms with Crippen LogP contribution in [0, 0.1) is 28.5 Å². The van der Waals surface area contributed by atoms with Gasteiger partial charge in [-0.2, -0.15) is 8.78 Å². The molecule has 1 aromatic carbocycles. The van der Waals surface area contributed by atoms with E-state index in [-0.39, 0.29) is 30.6 Å². The van der Waals surface area contributed by atoms with Crippen molar-refractivity contribution in [3.63, 3.8) is 0 Å². The fraction of sp³-hybridized carbons (Fsp3) is 0.632. The lowest BCUT2D eigenvalue weighted by molar-refractivity contribution is -0.338. The molecular weight excluding hydrogens is 791 g/mol. The normalized spacial score (nSPS) is 35.5. The molecule has 32 heavy (non-hydrogen) atoms. The first kappa shape index (κ1) is 24.1. The number of halogens is 5. The molecule has 4 aliphatic carbocycles. The molecule has 2 unspecified atom stereocenters.